The van der Waals surface area contributed by atoms with E-state index in [2.05, 4.69) is 30.2 Å². The highest BCUT2D eigenvalue weighted by molar-refractivity contribution is 5.13. The quantitative estimate of drug-likeness (QED) is 0.869. The number of aromatic nitrogens is 1. The van der Waals surface area contributed by atoms with E-state index < -0.39 is 0 Å². The van der Waals surface area contributed by atoms with E-state index in [9.17, 15) is 0 Å². The van der Waals surface area contributed by atoms with Gasteiger partial charge in [-0.25, -0.2) is 0 Å². The second-order valence-corrected chi connectivity index (χ2v) is 4.91. The van der Waals surface area contributed by atoms with Crippen molar-refractivity contribution in [3.63, 3.8) is 0 Å². The molecule has 0 radical (unpaired) electrons. The second-order valence-electron chi connectivity index (χ2n) is 4.91. The summed E-state index contributed by atoms with van der Waals surface area (Å²) in [4.78, 5) is 4.17. The van der Waals surface area contributed by atoms with Gasteiger partial charge in [0.2, 0.25) is 0 Å². The second kappa shape index (κ2) is 6.12. The van der Waals surface area contributed by atoms with Crippen LogP contribution in [-0.2, 0) is 4.74 Å². The summed E-state index contributed by atoms with van der Waals surface area (Å²) in [6, 6.07) is 5.02. The maximum Gasteiger partial charge on any atom is 0.0469 e. The monoisotopic (exact) mass is 234 g/mol. The van der Waals surface area contributed by atoms with Gasteiger partial charge in [0.25, 0.3) is 0 Å². The molecule has 94 valence electrons. The Hall–Kier alpha value is -0.930. The van der Waals surface area contributed by atoms with Crippen LogP contribution < -0.4 is 5.32 Å². The van der Waals surface area contributed by atoms with Gasteiger partial charge >= 0.3 is 0 Å². The SMILES string of the molecule is CC(NC(C)C1CCOCC1)c1cccnc1. The predicted molar refractivity (Wildman–Crippen MR) is 68.8 cm³/mol. The van der Waals surface area contributed by atoms with Gasteiger partial charge in [-0.1, -0.05) is 6.07 Å². The predicted octanol–water partition coefficient (Wildman–Crippen LogP) is 2.55. The number of ether oxygens (including phenoxy) is 1. The molecule has 1 aromatic heterocycles. The summed E-state index contributed by atoms with van der Waals surface area (Å²) < 4.78 is 5.40. The number of rotatable bonds is 4. The molecule has 0 aliphatic carbocycles. The van der Waals surface area contributed by atoms with Crippen LogP contribution in [0.15, 0.2) is 24.5 Å². The molecule has 1 aliphatic heterocycles. The van der Waals surface area contributed by atoms with Crippen LogP contribution in [0.5, 0.6) is 0 Å². The first-order valence-corrected chi connectivity index (χ1v) is 6.51. The highest BCUT2D eigenvalue weighted by Gasteiger charge is 2.21. The van der Waals surface area contributed by atoms with Gasteiger partial charge in [-0.05, 0) is 44.2 Å². The average Bonchev–Trinajstić information content (AvgIpc) is 2.40. The van der Waals surface area contributed by atoms with Crippen molar-refractivity contribution in [1.29, 1.82) is 0 Å². The molecule has 2 atom stereocenters. The lowest BCUT2D eigenvalue weighted by Crippen LogP contribution is -2.38. The molecule has 1 fully saturated rings. The fourth-order valence-electron chi connectivity index (χ4n) is 2.47. The van der Waals surface area contributed by atoms with Crippen LogP contribution in [0.1, 0.15) is 38.3 Å². The normalized spacial score (nSPS) is 21.1. The first kappa shape index (κ1) is 12.5. The summed E-state index contributed by atoms with van der Waals surface area (Å²) in [7, 11) is 0. The summed E-state index contributed by atoms with van der Waals surface area (Å²) in [6.07, 6.45) is 6.11. The van der Waals surface area contributed by atoms with Crippen molar-refractivity contribution >= 4 is 0 Å². The van der Waals surface area contributed by atoms with Gasteiger partial charge in [-0.3, -0.25) is 4.98 Å². The lowest BCUT2D eigenvalue weighted by molar-refractivity contribution is 0.0547. The largest absolute Gasteiger partial charge is 0.381 e. The number of hydrogen-bond acceptors (Lipinski definition) is 3. The molecule has 0 aromatic carbocycles. The number of nitrogens with zero attached hydrogens (tertiary/aromatic N) is 1. The molecule has 2 unspecified atom stereocenters. The van der Waals surface area contributed by atoms with Crippen LogP contribution in [0, 0.1) is 5.92 Å². The molecule has 2 rings (SSSR count). The van der Waals surface area contributed by atoms with Gasteiger partial charge in [0.1, 0.15) is 0 Å². The first-order valence-electron chi connectivity index (χ1n) is 6.51. The molecular formula is C14H22N2O. The maximum atomic E-state index is 5.40. The van der Waals surface area contributed by atoms with E-state index in [-0.39, 0.29) is 0 Å². The number of nitrogens with one attached hydrogen (secondary N) is 1. The summed E-state index contributed by atoms with van der Waals surface area (Å²) in [6.45, 7) is 6.31. The molecule has 1 aliphatic rings. The van der Waals surface area contributed by atoms with E-state index in [4.69, 9.17) is 4.74 Å². The van der Waals surface area contributed by atoms with Gasteiger partial charge in [-0.15, -0.1) is 0 Å². The van der Waals surface area contributed by atoms with Crippen LogP contribution >= 0.6 is 0 Å². The Bertz CT molecular complexity index is 322. The number of hydrogen-bond donors (Lipinski definition) is 1. The Kier molecular flexibility index (Phi) is 4.51. The molecule has 1 aromatic rings. The third kappa shape index (κ3) is 3.51. The third-order valence-electron chi connectivity index (χ3n) is 3.67. The molecule has 1 N–H and O–H groups in total. The fraction of sp³-hybridized carbons (Fsp3) is 0.643. The van der Waals surface area contributed by atoms with E-state index >= 15 is 0 Å². The van der Waals surface area contributed by atoms with Gasteiger partial charge < -0.3 is 10.1 Å². The van der Waals surface area contributed by atoms with Gasteiger partial charge in [0, 0.05) is 37.7 Å². The van der Waals surface area contributed by atoms with E-state index in [1.54, 1.807) is 0 Å². The molecule has 0 saturated carbocycles. The van der Waals surface area contributed by atoms with Crippen LogP contribution in [0.3, 0.4) is 0 Å². The van der Waals surface area contributed by atoms with Crippen LogP contribution in [-0.4, -0.2) is 24.2 Å². The molecule has 1 saturated heterocycles. The molecule has 3 heteroatoms. The zero-order valence-corrected chi connectivity index (χ0v) is 10.7. The van der Waals surface area contributed by atoms with E-state index in [0.29, 0.717) is 12.1 Å². The fourth-order valence-corrected chi connectivity index (χ4v) is 2.47. The van der Waals surface area contributed by atoms with Crippen molar-refractivity contribution in [3.8, 4) is 0 Å². The summed E-state index contributed by atoms with van der Waals surface area (Å²) in [5, 5.41) is 3.67. The van der Waals surface area contributed by atoms with Crippen LogP contribution in [0.4, 0.5) is 0 Å². The van der Waals surface area contributed by atoms with Gasteiger partial charge in [0.15, 0.2) is 0 Å². The Labute approximate surface area is 104 Å². The summed E-state index contributed by atoms with van der Waals surface area (Å²) >= 11 is 0. The Morgan fingerprint density at radius 3 is 2.76 bits per heavy atom. The molecule has 0 amide bonds. The minimum absolute atomic E-state index is 0.363. The van der Waals surface area contributed by atoms with Crippen molar-refractivity contribution in [1.82, 2.24) is 10.3 Å². The summed E-state index contributed by atoms with van der Waals surface area (Å²) in [5.74, 6) is 0.739. The highest BCUT2D eigenvalue weighted by atomic mass is 16.5. The molecular weight excluding hydrogens is 212 g/mol. The molecule has 3 nitrogen and oxygen atoms in total. The van der Waals surface area contributed by atoms with Crippen LogP contribution in [0.2, 0.25) is 0 Å². The zero-order valence-electron chi connectivity index (χ0n) is 10.7. The Morgan fingerprint density at radius 2 is 2.12 bits per heavy atom. The van der Waals surface area contributed by atoms with Crippen LogP contribution in [0.25, 0.3) is 0 Å². The molecule has 0 bridgehead atoms. The standard InChI is InChI=1S/C14H22N2O/c1-11(13-5-8-17-9-6-13)16-12(2)14-4-3-7-15-10-14/h3-4,7,10-13,16H,5-6,8-9H2,1-2H3. The molecule has 0 spiro atoms. The molecule has 2 heterocycles. The van der Waals surface area contributed by atoms with Crippen molar-refractivity contribution in [2.75, 3.05) is 13.2 Å². The first-order chi connectivity index (χ1) is 8.27. The van der Waals surface area contributed by atoms with Crippen molar-refractivity contribution in [2.45, 2.75) is 38.8 Å². The van der Waals surface area contributed by atoms with Gasteiger partial charge in [0.05, 0.1) is 0 Å². The maximum absolute atomic E-state index is 5.40. The highest BCUT2D eigenvalue weighted by Crippen LogP contribution is 2.21. The van der Waals surface area contributed by atoms with Crippen molar-refractivity contribution in [2.24, 2.45) is 5.92 Å². The third-order valence-corrected chi connectivity index (χ3v) is 3.67. The summed E-state index contributed by atoms with van der Waals surface area (Å²) in [5.41, 5.74) is 1.26. The van der Waals surface area contributed by atoms with Gasteiger partial charge in [-0.2, -0.15) is 0 Å². The number of pyridine rings is 1. The van der Waals surface area contributed by atoms with Crippen molar-refractivity contribution < 1.29 is 4.74 Å². The zero-order chi connectivity index (χ0) is 12.1. The Balaban J connectivity index is 1.87. The average molecular weight is 234 g/mol. The minimum atomic E-state index is 0.363. The lowest BCUT2D eigenvalue weighted by atomic mass is 9.92. The van der Waals surface area contributed by atoms with E-state index in [0.717, 1.165) is 19.1 Å². The smallest absolute Gasteiger partial charge is 0.0469 e. The van der Waals surface area contributed by atoms with E-state index in [1.165, 1.54) is 18.4 Å². The minimum Gasteiger partial charge on any atom is -0.381 e. The molecule has 17 heavy (non-hydrogen) atoms. The topological polar surface area (TPSA) is 34.1 Å². The van der Waals surface area contributed by atoms with Crippen molar-refractivity contribution in [3.05, 3.63) is 30.1 Å². The Morgan fingerprint density at radius 1 is 1.35 bits per heavy atom. The van der Waals surface area contributed by atoms with E-state index in [1.807, 2.05) is 18.5 Å². The lowest BCUT2D eigenvalue weighted by Gasteiger charge is -2.30.